The summed E-state index contributed by atoms with van der Waals surface area (Å²) < 4.78 is 0. The van der Waals surface area contributed by atoms with Crippen LogP contribution in [0, 0.1) is 23.7 Å². The molecule has 138 valence electrons. The highest BCUT2D eigenvalue weighted by atomic mass is 32.1. The molecule has 0 unspecified atom stereocenters. The number of rotatable bonds is 4. The molecule has 1 aliphatic heterocycles. The average Bonchev–Trinajstić information content (AvgIpc) is 3.20. The van der Waals surface area contributed by atoms with E-state index in [2.05, 4.69) is 27.7 Å². The molecule has 5 atom stereocenters. The number of fused-ring (bicyclic) bond motifs is 1. The molecule has 2 heterocycles. The summed E-state index contributed by atoms with van der Waals surface area (Å²) >= 11 is 1.31. The Balaban J connectivity index is 1.50. The first kappa shape index (κ1) is 17.3. The van der Waals surface area contributed by atoms with Gasteiger partial charge in [0, 0.05) is 5.92 Å². The summed E-state index contributed by atoms with van der Waals surface area (Å²) in [5, 5.41) is 11.9. The number of hydrogen-bond acceptors (Lipinski definition) is 6. The maximum Gasteiger partial charge on any atom is 0.249 e. The molecule has 26 heavy (non-hydrogen) atoms. The molecule has 4 aliphatic rings. The van der Waals surface area contributed by atoms with Gasteiger partial charge in [-0.05, 0) is 31.6 Å². The predicted octanol–water partition coefficient (Wildman–Crippen LogP) is 2.19. The molecule has 1 aromatic heterocycles. The zero-order chi connectivity index (χ0) is 18.6. The smallest absolute Gasteiger partial charge is 0.249 e. The number of anilines is 1. The van der Waals surface area contributed by atoms with Crippen LogP contribution in [0.25, 0.3) is 0 Å². The van der Waals surface area contributed by atoms with Gasteiger partial charge >= 0.3 is 0 Å². The number of carbonyl (C=O) groups excluding carboxylic acids is 3. The Morgan fingerprint density at radius 1 is 1.12 bits per heavy atom. The fourth-order valence-corrected chi connectivity index (χ4v) is 5.07. The van der Waals surface area contributed by atoms with Gasteiger partial charge in [0.05, 0.1) is 11.8 Å². The predicted molar refractivity (Wildman–Crippen MR) is 96.3 cm³/mol. The van der Waals surface area contributed by atoms with Crippen LogP contribution in [-0.2, 0) is 14.4 Å². The molecular formula is C18H22N4O3S. The quantitative estimate of drug-likeness (QED) is 0.644. The van der Waals surface area contributed by atoms with Gasteiger partial charge in [-0.1, -0.05) is 37.3 Å². The van der Waals surface area contributed by atoms with Crippen molar-refractivity contribution in [2.45, 2.75) is 45.6 Å². The Hall–Kier alpha value is -2.09. The van der Waals surface area contributed by atoms with E-state index in [1.165, 1.54) is 16.2 Å². The zero-order valence-electron chi connectivity index (χ0n) is 15.0. The maximum atomic E-state index is 12.9. The number of nitrogens with zero attached hydrogens (tertiary/aromatic N) is 3. The summed E-state index contributed by atoms with van der Waals surface area (Å²) in [5.74, 6) is -0.938. The third-order valence-electron chi connectivity index (χ3n) is 5.72. The van der Waals surface area contributed by atoms with Gasteiger partial charge in [0.2, 0.25) is 22.9 Å². The molecule has 0 radical (unpaired) electrons. The molecule has 0 spiro atoms. The van der Waals surface area contributed by atoms with Gasteiger partial charge in [-0.15, -0.1) is 10.2 Å². The van der Waals surface area contributed by atoms with Crippen LogP contribution in [0.15, 0.2) is 12.2 Å². The second-order valence-corrected chi connectivity index (χ2v) is 8.66. The van der Waals surface area contributed by atoms with E-state index in [1.807, 2.05) is 13.8 Å². The van der Waals surface area contributed by atoms with E-state index in [0.717, 1.165) is 17.8 Å². The van der Waals surface area contributed by atoms with Gasteiger partial charge in [-0.25, -0.2) is 0 Å². The van der Waals surface area contributed by atoms with E-state index in [4.69, 9.17) is 0 Å². The average molecular weight is 374 g/mol. The molecule has 8 heteroatoms. The van der Waals surface area contributed by atoms with Crippen molar-refractivity contribution in [1.82, 2.24) is 15.1 Å². The lowest BCUT2D eigenvalue weighted by molar-refractivity contribution is -0.146. The highest BCUT2D eigenvalue weighted by Crippen LogP contribution is 2.49. The lowest BCUT2D eigenvalue weighted by Gasteiger charge is -2.38. The first-order valence-corrected chi connectivity index (χ1v) is 9.89. The summed E-state index contributed by atoms with van der Waals surface area (Å²) in [7, 11) is 0. The third-order valence-corrected chi connectivity index (χ3v) is 6.86. The van der Waals surface area contributed by atoms with E-state index in [-0.39, 0.29) is 41.4 Å². The standard InChI is InChI=1S/C18H22N4O3S/c1-8(2)15-20-21-18(26-15)19-14(23)9(3)22-16(24)12-10-4-5-11(7-6-10)13(12)17(22)25/h4-5,8-13H,6-7H2,1-3H3,(H,19,21,23)/t9-,10-,11-,12-,13-/m0/s1. The molecule has 1 saturated heterocycles. The number of imide groups is 1. The summed E-state index contributed by atoms with van der Waals surface area (Å²) in [6, 6.07) is -0.855. The zero-order valence-corrected chi connectivity index (χ0v) is 15.8. The van der Waals surface area contributed by atoms with Crippen molar-refractivity contribution in [3.8, 4) is 0 Å². The lowest BCUT2D eigenvalue weighted by Crippen LogP contribution is -2.46. The van der Waals surface area contributed by atoms with Crippen LogP contribution in [0.3, 0.4) is 0 Å². The molecule has 0 aromatic carbocycles. The minimum atomic E-state index is -0.855. The number of nitrogens with one attached hydrogen (secondary N) is 1. The van der Waals surface area contributed by atoms with Crippen molar-refractivity contribution in [3.05, 3.63) is 17.2 Å². The minimum Gasteiger partial charge on any atom is -0.299 e. The van der Waals surface area contributed by atoms with Gasteiger partial charge in [0.1, 0.15) is 11.0 Å². The number of allylic oxidation sites excluding steroid dienone is 2. The molecule has 3 amide bonds. The highest BCUT2D eigenvalue weighted by molar-refractivity contribution is 7.15. The summed E-state index contributed by atoms with van der Waals surface area (Å²) in [6.45, 7) is 5.60. The molecule has 5 rings (SSSR count). The van der Waals surface area contributed by atoms with Gasteiger partial charge in [-0.3, -0.25) is 24.6 Å². The molecule has 2 fully saturated rings. The molecule has 2 bridgehead atoms. The van der Waals surface area contributed by atoms with E-state index >= 15 is 0 Å². The molecule has 1 saturated carbocycles. The normalized spacial score (nSPS) is 30.8. The monoisotopic (exact) mass is 374 g/mol. The van der Waals surface area contributed by atoms with Crippen LogP contribution < -0.4 is 5.32 Å². The Kier molecular flexibility index (Phi) is 4.17. The van der Waals surface area contributed by atoms with Crippen molar-refractivity contribution >= 4 is 34.2 Å². The van der Waals surface area contributed by atoms with Crippen LogP contribution in [0.5, 0.6) is 0 Å². The van der Waals surface area contributed by atoms with Crippen molar-refractivity contribution in [1.29, 1.82) is 0 Å². The topological polar surface area (TPSA) is 92.3 Å². The van der Waals surface area contributed by atoms with E-state index in [1.54, 1.807) is 6.92 Å². The molecule has 1 N–H and O–H groups in total. The fraction of sp³-hybridized carbons (Fsp3) is 0.611. The van der Waals surface area contributed by atoms with Crippen molar-refractivity contribution < 1.29 is 14.4 Å². The second-order valence-electron chi connectivity index (χ2n) is 7.65. The van der Waals surface area contributed by atoms with E-state index < -0.39 is 11.9 Å². The summed E-state index contributed by atoms with van der Waals surface area (Å²) in [4.78, 5) is 39.6. The number of likely N-dealkylation sites (tertiary alicyclic amines) is 1. The number of amides is 3. The van der Waals surface area contributed by atoms with E-state index in [9.17, 15) is 14.4 Å². The van der Waals surface area contributed by atoms with Crippen LogP contribution in [0.4, 0.5) is 5.13 Å². The fourth-order valence-electron chi connectivity index (χ4n) is 4.32. The van der Waals surface area contributed by atoms with Crippen molar-refractivity contribution in [2.24, 2.45) is 23.7 Å². The van der Waals surface area contributed by atoms with Gasteiger partial charge in [0.15, 0.2) is 0 Å². The Morgan fingerprint density at radius 3 is 2.15 bits per heavy atom. The van der Waals surface area contributed by atoms with Gasteiger partial charge < -0.3 is 0 Å². The Bertz CT molecular complexity index is 770. The third kappa shape index (κ3) is 2.58. The lowest BCUT2D eigenvalue weighted by atomic mass is 9.63. The van der Waals surface area contributed by atoms with Crippen molar-refractivity contribution in [2.75, 3.05) is 5.32 Å². The molecule has 3 aliphatic carbocycles. The summed E-state index contributed by atoms with van der Waals surface area (Å²) in [5.41, 5.74) is 0. The largest absolute Gasteiger partial charge is 0.299 e. The first-order valence-electron chi connectivity index (χ1n) is 9.08. The number of aromatic nitrogens is 2. The Morgan fingerprint density at radius 2 is 1.69 bits per heavy atom. The highest BCUT2D eigenvalue weighted by Gasteiger charge is 2.58. The second kappa shape index (κ2) is 6.26. The van der Waals surface area contributed by atoms with Crippen LogP contribution in [0.1, 0.15) is 44.5 Å². The van der Waals surface area contributed by atoms with E-state index in [0.29, 0.717) is 5.13 Å². The SMILES string of the molecule is CC(C)c1nnc(NC(=O)[C@H](C)N2C(=O)[C@@H]3[C@@H](C2=O)[C@H]2C=C[C@H]3CC2)s1. The van der Waals surface area contributed by atoms with Gasteiger partial charge in [0.25, 0.3) is 0 Å². The van der Waals surface area contributed by atoms with Crippen LogP contribution >= 0.6 is 11.3 Å². The first-order chi connectivity index (χ1) is 12.4. The van der Waals surface area contributed by atoms with Crippen LogP contribution in [0.2, 0.25) is 0 Å². The molecule has 7 nitrogen and oxygen atoms in total. The maximum absolute atomic E-state index is 12.9. The minimum absolute atomic E-state index is 0.124. The summed E-state index contributed by atoms with van der Waals surface area (Å²) in [6.07, 6.45) is 6.03. The number of hydrogen-bond donors (Lipinski definition) is 1. The van der Waals surface area contributed by atoms with Gasteiger partial charge in [-0.2, -0.15) is 0 Å². The molecular weight excluding hydrogens is 352 g/mol. The van der Waals surface area contributed by atoms with Crippen LogP contribution in [-0.4, -0.2) is 38.9 Å². The van der Waals surface area contributed by atoms with Crippen molar-refractivity contribution in [3.63, 3.8) is 0 Å². The Labute approximate surface area is 155 Å². The number of carbonyl (C=O) groups is 3. The molecule has 1 aromatic rings.